The van der Waals surface area contributed by atoms with Crippen LogP contribution in [0, 0.1) is 17.8 Å². The van der Waals surface area contributed by atoms with Crippen molar-refractivity contribution in [2.24, 2.45) is 24.8 Å². The molecule has 4 fully saturated rings. The standard InChI is InChI=1S/C13H18ClN3O2S/c1-17-11(15-16-12(17)20(14,18)19)13-5-8-2-9(6-13)4-10(3-8)7-13/h8-10H,2-7H2,1H3. The average Bonchev–Trinajstić information content (AvgIpc) is 2.69. The van der Waals surface area contributed by atoms with E-state index in [0.717, 1.165) is 42.8 Å². The van der Waals surface area contributed by atoms with E-state index < -0.39 is 9.05 Å². The highest BCUT2D eigenvalue weighted by molar-refractivity contribution is 8.13. The van der Waals surface area contributed by atoms with E-state index >= 15 is 0 Å². The van der Waals surface area contributed by atoms with Crippen LogP contribution in [0.4, 0.5) is 0 Å². The van der Waals surface area contributed by atoms with Gasteiger partial charge in [-0.2, -0.15) is 0 Å². The number of hydrogen-bond acceptors (Lipinski definition) is 4. The lowest BCUT2D eigenvalue weighted by Gasteiger charge is -2.56. The Bertz CT molecular complexity index is 632. The molecule has 0 aliphatic heterocycles. The van der Waals surface area contributed by atoms with Gasteiger partial charge in [0.15, 0.2) is 0 Å². The maximum absolute atomic E-state index is 11.5. The molecule has 0 atom stereocenters. The maximum atomic E-state index is 11.5. The van der Waals surface area contributed by atoms with Crippen LogP contribution in [0.1, 0.15) is 44.3 Å². The van der Waals surface area contributed by atoms with Crippen LogP contribution in [0.25, 0.3) is 0 Å². The molecule has 0 radical (unpaired) electrons. The van der Waals surface area contributed by atoms with Gasteiger partial charge in [0.25, 0.3) is 14.2 Å². The summed E-state index contributed by atoms with van der Waals surface area (Å²) in [4.78, 5) is 0. The van der Waals surface area contributed by atoms with Crippen LogP contribution in [-0.4, -0.2) is 23.2 Å². The first kappa shape index (κ1) is 13.1. The highest BCUT2D eigenvalue weighted by Crippen LogP contribution is 2.60. The quantitative estimate of drug-likeness (QED) is 0.785. The molecular formula is C13H18ClN3O2S. The second-order valence-corrected chi connectivity index (χ2v) is 9.46. The number of nitrogens with zero attached hydrogens (tertiary/aromatic N) is 3. The summed E-state index contributed by atoms with van der Waals surface area (Å²) in [5, 5.41) is 7.94. The molecule has 0 N–H and O–H groups in total. The summed E-state index contributed by atoms with van der Waals surface area (Å²) in [6.45, 7) is 0. The lowest BCUT2D eigenvalue weighted by Crippen LogP contribution is -2.49. The minimum Gasteiger partial charge on any atom is -0.303 e. The van der Waals surface area contributed by atoms with E-state index in [1.807, 2.05) is 0 Å². The Balaban J connectivity index is 1.80. The zero-order valence-electron chi connectivity index (χ0n) is 11.4. The average molecular weight is 316 g/mol. The Hall–Kier alpha value is -0.620. The third-order valence-electron chi connectivity index (χ3n) is 5.57. The van der Waals surface area contributed by atoms with Crippen molar-refractivity contribution in [2.45, 2.75) is 49.1 Å². The molecular weight excluding hydrogens is 298 g/mol. The van der Waals surface area contributed by atoms with Gasteiger partial charge in [-0.3, -0.25) is 0 Å². The van der Waals surface area contributed by atoms with Gasteiger partial charge in [0.05, 0.1) is 0 Å². The van der Waals surface area contributed by atoms with E-state index in [2.05, 4.69) is 10.2 Å². The minimum absolute atomic E-state index is 0.0380. The van der Waals surface area contributed by atoms with Crippen molar-refractivity contribution < 1.29 is 8.42 Å². The molecule has 4 bridgehead atoms. The lowest BCUT2D eigenvalue weighted by atomic mass is 9.49. The van der Waals surface area contributed by atoms with E-state index in [0.29, 0.717) is 0 Å². The summed E-state index contributed by atoms with van der Waals surface area (Å²) < 4.78 is 24.7. The van der Waals surface area contributed by atoms with Crippen molar-refractivity contribution in [3.8, 4) is 0 Å². The van der Waals surface area contributed by atoms with Crippen LogP contribution in [0.15, 0.2) is 5.16 Å². The first-order chi connectivity index (χ1) is 9.37. The van der Waals surface area contributed by atoms with Gasteiger partial charge in [0.2, 0.25) is 0 Å². The summed E-state index contributed by atoms with van der Waals surface area (Å²) in [5.74, 6) is 3.19. The van der Waals surface area contributed by atoms with Gasteiger partial charge in [-0.05, 0) is 56.3 Å². The molecule has 1 aromatic heterocycles. The molecule has 0 spiro atoms. The Morgan fingerprint density at radius 2 is 1.60 bits per heavy atom. The van der Waals surface area contributed by atoms with Gasteiger partial charge < -0.3 is 4.57 Å². The first-order valence-corrected chi connectivity index (χ1v) is 9.53. The molecule has 5 rings (SSSR count). The summed E-state index contributed by atoms with van der Waals surface area (Å²) >= 11 is 0. The van der Waals surface area contributed by atoms with Crippen LogP contribution in [0.5, 0.6) is 0 Å². The molecule has 0 aromatic carbocycles. The second-order valence-electron chi connectivity index (χ2n) is 7.00. The van der Waals surface area contributed by atoms with Crippen molar-refractivity contribution in [3.05, 3.63) is 5.82 Å². The predicted molar refractivity (Wildman–Crippen MR) is 73.9 cm³/mol. The third kappa shape index (κ3) is 1.77. The van der Waals surface area contributed by atoms with E-state index in [-0.39, 0.29) is 10.6 Å². The fraction of sp³-hybridized carbons (Fsp3) is 0.846. The summed E-state index contributed by atoms with van der Waals surface area (Å²) in [7, 11) is 3.34. The summed E-state index contributed by atoms with van der Waals surface area (Å²) in [6, 6.07) is 0. The van der Waals surface area contributed by atoms with Crippen molar-refractivity contribution in [1.82, 2.24) is 14.8 Å². The number of halogens is 1. The monoisotopic (exact) mass is 315 g/mol. The van der Waals surface area contributed by atoms with E-state index in [9.17, 15) is 8.42 Å². The first-order valence-electron chi connectivity index (χ1n) is 7.22. The number of hydrogen-bond donors (Lipinski definition) is 0. The summed E-state index contributed by atoms with van der Waals surface area (Å²) in [5.41, 5.74) is 0.0380. The minimum atomic E-state index is -3.82. The lowest BCUT2D eigenvalue weighted by molar-refractivity contribution is -0.0109. The Morgan fingerprint density at radius 3 is 2.00 bits per heavy atom. The molecule has 1 heterocycles. The molecule has 4 aliphatic carbocycles. The summed E-state index contributed by atoms with van der Waals surface area (Å²) in [6.07, 6.45) is 7.43. The van der Waals surface area contributed by atoms with Crippen molar-refractivity contribution in [2.75, 3.05) is 0 Å². The van der Waals surface area contributed by atoms with Gasteiger partial charge in [0, 0.05) is 23.1 Å². The second kappa shape index (κ2) is 3.97. The molecule has 0 amide bonds. The molecule has 4 saturated carbocycles. The highest BCUT2D eigenvalue weighted by atomic mass is 35.7. The van der Waals surface area contributed by atoms with Crippen LogP contribution < -0.4 is 0 Å². The molecule has 7 heteroatoms. The Labute approximate surface area is 123 Å². The smallest absolute Gasteiger partial charge is 0.296 e. The predicted octanol–water partition coefficient (Wildman–Crippen LogP) is 2.21. The van der Waals surface area contributed by atoms with E-state index in [4.69, 9.17) is 10.7 Å². The van der Waals surface area contributed by atoms with Crippen LogP contribution in [-0.2, 0) is 21.5 Å². The Morgan fingerprint density at radius 1 is 1.10 bits per heavy atom. The molecule has 4 aliphatic rings. The number of aromatic nitrogens is 3. The fourth-order valence-corrected chi connectivity index (χ4v) is 6.33. The molecule has 20 heavy (non-hydrogen) atoms. The molecule has 0 unspecified atom stereocenters. The van der Waals surface area contributed by atoms with Gasteiger partial charge in [0.1, 0.15) is 5.82 Å². The highest BCUT2D eigenvalue weighted by Gasteiger charge is 2.54. The van der Waals surface area contributed by atoms with Crippen LogP contribution in [0.3, 0.4) is 0 Å². The van der Waals surface area contributed by atoms with E-state index in [1.165, 1.54) is 19.3 Å². The molecule has 5 nitrogen and oxygen atoms in total. The topological polar surface area (TPSA) is 64.8 Å². The van der Waals surface area contributed by atoms with Crippen LogP contribution in [0.2, 0.25) is 0 Å². The SMILES string of the molecule is Cn1c(C23CC4CC(CC(C4)C2)C3)nnc1S(=O)(=O)Cl. The fourth-order valence-electron chi connectivity index (χ4n) is 5.37. The van der Waals surface area contributed by atoms with Gasteiger partial charge >= 0.3 is 0 Å². The largest absolute Gasteiger partial charge is 0.303 e. The normalized spacial score (nSPS) is 39.4. The Kier molecular flexibility index (Phi) is 2.60. The van der Waals surface area contributed by atoms with Crippen molar-refractivity contribution in [1.29, 1.82) is 0 Å². The molecule has 0 saturated heterocycles. The van der Waals surface area contributed by atoms with Crippen molar-refractivity contribution in [3.63, 3.8) is 0 Å². The van der Waals surface area contributed by atoms with E-state index in [1.54, 1.807) is 11.6 Å². The number of rotatable bonds is 2. The van der Waals surface area contributed by atoms with Crippen LogP contribution >= 0.6 is 10.7 Å². The zero-order chi connectivity index (χ0) is 14.1. The molecule has 1 aromatic rings. The third-order valence-corrected chi connectivity index (χ3v) is 6.77. The van der Waals surface area contributed by atoms with Gasteiger partial charge in [-0.25, -0.2) is 8.42 Å². The maximum Gasteiger partial charge on any atom is 0.296 e. The zero-order valence-corrected chi connectivity index (χ0v) is 13.0. The van der Waals surface area contributed by atoms with Crippen molar-refractivity contribution >= 4 is 19.7 Å². The van der Waals surface area contributed by atoms with Gasteiger partial charge in [-0.1, -0.05) is 0 Å². The molecule has 110 valence electrons. The van der Waals surface area contributed by atoms with Gasteiger partial charge in [-0.15, -0.1) is 10.2 Å².